The van der Waals surface area contributed by atoms with E-state index in [2.05, 4.69) is 5.32 Å². The summed E-state index contributed by atoms with van der Waals surface area (Å²) >= 11 is 0. The first-order valence-corrected chi connectivity index (χ1v) is 7.60. The molecule has 0 saturated heterocycles. The molecule has 0 amide bonds. The molecule has 1 heterocycles. The first-order chi connectivity index (χ1) is 10.8. The number of benzene rings is 2. The minimum absolute atomic E-state index is 0.0488. The molecule has 1 atom stereocenters. The molecule has 4 heteroatoms. The Morgan fingerprint density at radius 1 is 1.18 bits per heavy atom. The van der Waals surface area contributed by atoms with Gasteiger partial charge in [-0.05, 0) is 30.0 Å². The first kappa shape index (κ1) is 15.0. The van der Waals surface area contributed by atoms with Gasteiger partial charge in [0.15, 0.2) is 0 Å². The van der Waals surface area contributed by atoms with E-state index in [-0.39, 0.29) is 18.5 Å². The lowest BCUT2D eigenvalue weighted by atomic mass is 10.0. The van der Waals surface area contributed by atoms with Crippen LogP contribution in [-0.2, 0) is 13.2 Å². The van der Waals surface area contributed by atoms with Gasteiger partial charge in [-0.3, -0.25) is 0 Å². The van der Waals surface area contributed by atoms with E-state index >= 15 is 0 Å². The van der Waals surface area contributed by atoms with E-state index in [4.69, 9.17) is 4.74 Å². The number of aliphatic hydroxyl groups excluding tert-OH is 1. The highest BCUT2D eigenvalue weighted by Crippen LogP contribution is 2.32. The summed E-state index contributed by atoms with van der Waals surface area (Å²) in [5.74, 6) is 0.370. The molecule has 0 aromatic heterocycles. The number of aliphatic hydroxyl groups is 1. The monoisotopic (exact) mass is 301 g/mol. The molecule has 3 rings (SSSR count). The van der Waals surface area contributed by atoms with Crippen molar-refractivity contribution in [3.63, 3.8) is 0 Å². The maximum Gasteiger partial charge on any atom is 0.126 e. The predicted molar refractivity (Wildman–Crippen MR) is 83.1 cm³/mol. The number of nitrogens with one attached hydrogen (secondary N) is 1. The van der Waals surface area contributed by atoms with Gasteiger partial charge in [-0.1, -0.05) is 30.3 Å². The van der Waals surface area contributed by atoms with E-state index < -0.39 is 0 Å². The van der Waals surface area contributed by atoms with Crippen molar-refractivity contribution in [3.05, 3.63) is 65.0 Å². The van der Waals surface area contributed by atoms with Gasteiger partial charge in [-0.25, -0.2) is 4.39 Å². The summed E-state index contributed by atoms with van der Waals surface area (Å²) in [5.41, 5.74) is 3.04. The highest BCUT2D eigenvalue weighted by atomic mass is 19.1. The van der Waals surface area contributed by atoms with Crippen molar-refractivity contribution in [2.24, 2.45) is 0 Å². The van der Waals surface area contributed by atoms with Crippen molar-refractivity contribution in [1.29, 1.82) is 0 Å². The quantitative estimate of drug-likeness (QED) is 0.910. The van der Waals surface area contributed by atoms with Crippen LogP contribution in [0, 0.1) is 5.82 Å². The van der Waals surface area contributed by atoms with Crippen molar-refractivity contribution in [1.82, 2.24) is 5.32 Å². The van der Waals surface area contributed by atoms with Gasteiger partial charge in [0.25, 0.3) is 0 Å². The van der Waals surface area contributed by atoms with Gasteiger partial charge in [0, 0.05) is 24.2 Å². The molecule has 1 aliphatic rings. The van der Waals surface area contributed by atoms with Gasteiger partial charge in [-0.2, -0.15) is 0 Å². The largest absolute Gasteiger partial charge is 0.493 e. The molecule has 0 aliphatic carbocycles. The predicted octanol–water partition coefficient (Wildman–Crippen LogP) is 3.32. The summed E-state index contributed by atoms with van der Waals surface area (Å²) in [6, 6.07) is 12.8. The van der Waals surface area contributed by atoms with Crippen molar-refractivity contribution in [2.45, 2.75) is 32.0 Å². The maximum absolute atomic E-state index is 13.4. The second-order valence-electron chi connectivity index (χ2n) is 5.58. The fourth-order valence-electron chi connectivity index (χ4n) is 2.84. The van der Waals surface area contributed by atoms with Crippen LogP contribution in [0.15, 0.2) is 42.5 Å². The third-order valence-corrected chi connectivity index (χ3v) is 3.97. The summed E-state index contributed by atoms with van der Waals surface area (Å²) in [4.78, 5) is 0. The number of hydrogen-bond donors (Lipinski definition) is 2. The van der Waals surface area contributed by atoms with E-state index in [1.54, 1.807) is 6.07 Å². The fourth-order valence-corrected chi connectivity index (χ4v) is 2.84. The normalized spacial score (nSPS) is 17.5. The average Bonchev–Trinajstić information content (AvgIpc) is 2.74. The molecule has 0 saturated carbocycles. The maximum atomic E-state index is 13.4. The molecule has 116 valence electrons. The lowest BCUT2D eigenvalue weighted by Gasteiger charge is -2.18. The minimum atomic E-state index is -0.268. The van der Waals surface area contributed by atoms with Crippen LogP contribution in [0.2, 0.25) is 0 Å². The molecule has 2 N–H and O–H groups in total. The Hall–Kier alpha value is -1.91. The molecule has 1 unspecified atom stereocenters. The van der Waals surface area contributed by atoms with Crippen LogP contribution in [0.3, 0.4) is 0 Å². The lowest BCUT2D eigenvalue weighted by molar-refractivity contribution is 0.281. The molecule has 2 aromatic rings. The molecule has 2 aromatic carbocycles. The van der Waals surface area contributed by atoms with Crippen LogP contribution < -0.4 is 10.1 Å². The van der Waals surface area contributed by atoms with Crippen LogP contribution >= 0.6 is 0 Å². The first-order valence-electron chi connectivity index (χ1n) is 7.60. The van der Waals surface area contributed by atoms with Crippen molar-refractivity contribution >= 4 is 0 Å². The van der Waals surface area contributed by atoms with Gasteiger partial charge < -0.3 is 15.2 Å². The molecule has 0 fully saturated rings. The van der Waals surface area contributed by atoms with E-state index in [0.717, 1.165) is 29.5 Å². The van der Waals surface area contributed by atoms with Crippen LogP contribution in [0.5, 0.6) is 5.75 Å². The Kier molecular flexibility index (Phi) is 4.71. The van der Waals surface area contributed by atoms with Crippen molar-refractivity contribution in [2.75, 3.05) is 6.61 Å². The Morgan fingerprint density at radius 2 is 2.05 bits per heavy atom. The average molecular weight is 301 g/mol. The van der Waals surface area contributed by atoms with Crippen LogP contribution in [0.4, 0.5) is 4.39 Å². The number of ether oxygens (including phenoxy) is 1. The van der Waals surface area contributed by atoms with E-state index in [1.165, 1.54) is 12.1 Å². The fraction of sp³-hybridized carbons (Fsp3) is 0.333. The molecule has 0 spiro atoms. The minimum Gasteiger partial charge on any atom is -0.493 e. The zero-order chi connectivity index (χ0) is 15.4. The zero-order valence-electron chi connectivity index (χ0n) is 12.4. The Balaban J connectivity index is 1.74. The van der Waals surface area contributed by atoms with Crippen LogP contribution in [0.25, 0.3) is 0 Å². The third kappa shape index (κ3) is 3.46. The number of rotatable bonds is 4. The molecule has 22 heavy (non-hydrogen) atoms. The molecule has 0 bridgehead atoms. The second kappa shape index (κ2) is 6.90. The van der Waals surface area contributed by atoms with Crippen LogP contribution in [-0.4, -0.2) is 11.7 Å². The summed E-state index contributed by atoms with van der Waals surface area (Å²) in [6.45, 7) is 1.37. The summed E-state index contributed by atoms with van der Waals surface area (Å²) in [5, 5.41) is 12.7. The topological polar surface area (TPSA) is 41.5 Å². The molecular weight excluding hydrogens is 281 g/mol. The van der Waals surface area contributed by atoms with Crippen molar-refractivity contribution < 1.29 is 14.2 Å². The molecular formula is C18H20FNO2. The van der Waals surface area contributed by atoms with E-state index in [1.807, 2.05) is 24.3 Å². The van der Waals surface area contributed by atoms with Crippen molar-refractivity contribution in [3.8, 4) is 5.75 Å². The Labute approximate surface area is 129 Å². The number of fused-ring (bicyclic) bond motifs is 1. The number of hydrogen-bond acceptors (Lipinski definition) is 3. The molecule has 1 aliphatic heterocycles. The highest BCUT2D eigenvalue weighted by Gasteiger charge is 2.19. The third-order valence-electron chi connectivity index (χ3n) is 3.97. The molecule has 0 radical (unpaired) electrons. The smallest absolute Gasteiger partial charge is 0.126 e. The SMILES string of the molecule is OCc1cccc(CNC2CCCOc3cc(F)ccc32)c1. The standard InChI is InChI=1S/C18H20FNO2/c19-15-6-7-16-17(5-2-8-22-18(16)10-15)20-11-13-3-1-4-14(9-13)12-21/h1,3-4,6-7,9-10,17,20-21H,2,5,8,11-12H2. The van der Waals surface area contributed by atoms with Gasteiger partial charge in [-0.15, -0.1) is 0 Å². The van der Waals surface area contributed by atoms with Gasteiger partial charge in [0.1, 0.15) is 11.6 Å². The Bertz CT molecular complexity index is 645. The van der Waals surface area contributed by atoms with E-state index in [9.17, 15) is 9.50 Å². The van der Waals surface area contributed by atoms with E-state index in [0.29, 0.717) is 18.9 Å². The second-order valence-corrected chi connectivity index (χ2v) is 5.58. The van der Waals surface area contributed by atoms with Gasteiger partial charge in [0.2, 0.25) is 0 Å². The number of halogens is 1. The zero-order valence-corrected chi connectivity index (χ0v) is 12.4. The summed E-state index contributed by atoms with van der Waals surface area (Å²) in [7, 11) is 0. The summed E-state index contributed by atoms with van der Waals surface area (Å²) < 4.78 is 19.0. The molecule has 3 nitrogen and oxygen atoms in total. The lowest BCUT2D eigenvalue weighted by Crippen LogP contribution is -2.20. The summed E-state index contributed by atoms with van der Waals surface area (Å²) in [6.07, 6.45) is 1.89. The Morgan fingerprint density at radius 3 is 2.91 bits per heavy atom. The van der Waals surface area contributed by atoms with Gasteiger partial charge >= 0.3 is 0 Å². The highest BCUT2D eigenvalue weighted by molar-refractivity contribution is 5.37. The van der Waals surface area contributed by atoms with Crippen LogP contribution in [0.1, 0.15) is 35.6 Å². The van der Waals surface area contributed by atoms with Gasteiger partial charge in [0.05, 0.1) is 13.2 Å².